The highest BCUT2D eigenvalue weighted by atomic mass is 35.5. The van der Waals surface area contributed by atoms with Crippen molar-refractivity contribution in [3.63, 3.8) is 0 Å². The Hall–Kier alpha value is -0.810. The van der Waals surface area contributed by atoms with Crippen molar-refractivity contribution in [2.45, 2.75) is 31.7 Å². The van der Waals surface area contributed by atoms with Crippen LogP contribution in [0.2, 0.25) is 10.0 Å². The van der Waals surface area contributed by atoms with E-state index in [1.807, 2.05) is 0 Å². The first kappa shape index (κ1) is 16.6. The monoisotopic (exact) mass is 330 g/mol. The van der Waals surface area contributed by atoms with E-state index in [1.54, 1.807) is 18.2 Å². The maximum absolute atomic E-state index is 12.2. The van der Waals surface area contributed by atoms with Gasteiger partial charge in [-0.05, 0) is 31.4 Å². The van der Waals surface area contributed by atoms with Crippen LogP contribution in [-0.2, 0) is 4.79 Å². The van der Waals surface area contributed by atoms with Gasteiger partial charge in [-0.3, -0.25) is 9.69 Å². The van der Waals surface area contributed by atoms with E-state index in [9.17, 15) is 4.79 Å². The van der Waals surface area contributed by atoms with Crippen LogP contribution < -0.4 is 5.32 Å². The van der Waals surface area contributed by atoms with Crippen molar-refractivity contribution < 1.29 is 9.90 Å². The first-order valence-corrected chi connectivity index (χ1v) is 7.96. The summed E-state index contributed by atoms with van der Waals surface area (Å²) in [5.41, 5.74) is 0.532. The fraction of sp³-hybridized carbons (Fsp3) is 0.533. The summed E-state index contributed by atoms with van der Waals surface area (Å²) in [6.45, 7) is 1.19. The Morgan fingerprint density at radius 3 is 2.76 bits per heavy atom. The molecule has 4 nitrogen and oxygen atoms in total. The van der Waals surface area contributed by atoms with Crippen LogP contribution in [0.25, 0.3) is 0 Å². The first-order valence-electron chi connectivity index (χ1n) is 7.20. The summed E-state index contributed by atoms with van der Waals surface area (Å²) in [6, 6.07) is 5.62. The van der Waals surface area contributed by atoms with Gasteiger partial charge in [-0.2, -0.15) is 0 Å². The number of aliphatic hydroxyl groups excluding tert-OH is 1. The van der Waals surface area contributed by atoms with Crippen LogP contribution >= 0.6 is 23.2 Å². The molecule has 0 aromatic heterocycles. The van der Waals surface area contributed by atoms with Gasteiger partial charge in [0.2, 0.25) is 5.91 Å². The van der Waals surface area contributed by atoms with Crippen LogP contribution in [0.5, 0.6) is 0 Å². The number of nitrogens with zero attached hydrogens (tertiary/aromatic N) is 1. The van der Waals surface area contributed by atoms with Gasteiger partial charge >= 0.3 is 0 Å². The molecule has 0 aliphatic heterocycles. The van der Waals surface area contributed by atoms with Crippen LogP contribution in [0, 0.1) is 0 Å². The third kappa shape index (κ3) is 4.58. The summed E-state index contributed by atoms with van der Waals surface area (Å²) in [5, 5.41) is 12.5. The van der Waals surface area contributed by atoms with Crippen LogP contribution in [0.3, 0.4) is 0 Å². The average Bonchev–Trinajstić information content (AvgIpc) is 2.39. The number of benzene rings is 1. The number of hydrogen-bond acceptors (Lipinski definition) is 3. The van der Waals surface area contributed by atoms with Gasteiger partial charge in [0, 0.05) is 19.2 Å². The molecule has 1 amide bonds. The molecule has 1 aliphatic carbocycles. The molecule has 0 saturated heterocycles. The van der Waals surface area contributed by atoms with Crippen molar-refractivity contribution in [2.75, 3.05) is 25.0 Å². The van der Waals surface area contributed by atoms with Gasteiger partial charge in [-0.15, -0.1) is 0 Å². The molecule has 2 N–H and O–H groups in total. The number of hydrogen-bond donors (Lipinski definition) is 2. The molecule has 2 rings (SSSR count). The molecule has 6 heteroatoms. The number of anilines is 1. The minimum absolute atomic E-state index is 0.107. The maximum atomic E-state index is 12.2. The molecule has 0 bridgehead atoms. The standard InChI is InChI=1S/C15H20Cl2N2O2/c16-12-6-2-7-13(15(12)17)18-14(21)10-19(8-3-9-20)11-4-1-5-11/h2,6-7,11,20H,1,3-5,8-10H2,(H,18,21). The quantitative estimate of drug-likeness (QED) is 0.807. The Labute approximate surface area is 135 Å². The Balaban J connectivity index is 1.93. The van der Waals surface area contributed by atoms with E-state index in [0.717, 1.165) is 19.4 Å². The lowest BCUT2D eigenvalue weighted by molar-refractivity contribution is -0.118. The van der Waals surface area contributed by atoms with E-state index < -0.39 is 0 Å². The number of nitrogens with one attached hydrogen (secondary N) is 1. The molecule has 1 aromatic carbocycles. The SMILES string of the molecule is O=C(CN(CCCO)C1CCC1)Nc1cccc(Cl)c1Cl. The van der Waals surface area contributed by atoms with E-state index in [2.05, 4.69) is 10.2 Å². The highest BCUT2D eigenvalue weighted by Gasteiger charge is 2.26. The maximum Gasteiger partial charge on any atom is 0.238 e. The lowest BCUT2D eigenvalue weighted by Crippen LogP contribution is -2.45. The summed E-state index contributed by atoms with van der Waals surface area (Å²) in [4.78, 5) is 14.3. The van der Waals surface area contributed by atoms with Gasteiger partial charge in [0.05, 0.1) is 22.3 Å². The van der Waals surface area contributed by atoms with Gasteiger partial charge in [0.15, 0.2) is 0 Å². The van der Waals surface area contributed by atoms with E-state index in [1.165, 1.54) is 6.42 Å². The lowest BCUT2D eigenvalue weighted by Gasteiger charge is -2.37. The molecule has 21 heavy (non-hydrogen) atoms. The van der Waals surface area contributed by atoms with E-state index in [4.69, 9.17) is 28.3 Å². The van der Waals surface area contributed by atoms with Crippen molar-refractivity contribution in [3.05, 3.63) is 28.2 Å². The number of carbonyl (C=O) groups is 1. The molecule has 1 fully saturated rings. The Morgan fingerprint density at radius 2 is 2.14 bits per heavy atom. The van der Waals surface area contributed by atoms with Crippen LogP contribution in [-0.4, -0.2) is 41.7 Å². The van der Waals surface area contributed by atoms with Crippen LogP contribution in [0.15, 0.2) is 18.2 Å². The van der Waals surface area contributed by atoms with Crippen LogP contribution in [0.1, 0.15) is 25.7 Å². The Kier molecular flexibility index (Phi) is 6.30. The van der Waals surface area contributed by atoms with Gasteiger partial charge in [0.1, 0.15) is 0 Å². The van der Waals surface area contributed by atoms with Gasteiger partial charge in [-0.1, -0.05) is 35.7 Å². The van der Waals surface area contributed by atoms with Crippen molar-refractivity contribution in [3.8, 4) is 0 Å². The molecular formula is C15H20Cl2N2O2. The van der Waals surface area contributed by atoms with Crippen molar-refractivity contribution in [1.29, 1.82) is 0 Å². The highest BCUT2D eigenvalue weighted by Crippen LogP contribution is 2.30. The summed E-state index contributed by atoms with van der Waals surface area (Å²) in [6.07, 6.45) is 4.14. The van der Waals surface area contributed by atoms with Crippen molar-refractivity contribution >= 4 is 34.8 Å². The smallest absolute Gasteiger partial charge is 0.238 e. The summed E-state index contributed by atoms with van der Waals surface area (Å²) in [5.74, 6) is -0.107. The molecule has 0 atom stereocenters. The number of amides is 1. The van der Waals surface area contributed by atoms with Crippen LogP contribution in [0.4, 0.5) is 5.69 Å². The fourth-order valence-corrected chi connectivity index (χ4v) is 2.74. The van der Waals surface area contributed by atoms with Crippen molar-refractivity contribution in [2.24, 2.45) is 0 Å². The zero-order chi connectivity index (χ0) is 15.2. The molecule has 0 unspecified atom stereocenters. The van der Waals surface area contributed by atoms with E-state index >= 15 is 0 Å². The van der Waals surface area contributed by atoms with Gasteiger partial charge in [-0.25, -0.2) is 0 Å². The predicted octanol–water partition coefficient (Wildman–Crippen LogP) is 3.17. The highest BCUT2D eigenvalue weighted by molar-refractivity contribution is 6.43. The Morgan fingerprint density at radius 1 is 1.38 bits per heavy atom. The zero-order valence-electron chi connectivity index (χ0n) is 11.8. The van der Waals surface area contributed by atoms with E-state index in [0.29, 0.717) is 34.7 Å². The molecular weight excluding hydrogens is 311 g/mol. The average molecular weight is 331 g/mol. The number of carbonyl (C=O) groups excluding carboxylic acids is 1. The third-order valence-electron chi connectivity index (χ3n) is 3.77. The topological polar surface area (TPSA) is 52.6 Å². The number of halogens is 2. The molecule has 1 aromatic rings. The minimum atomic E-state index is -0.107. The van der Waals surface area contributed by atoms with Gasteiger partial charge < -0.3 is 10.4 Å². The zero-order valence-corrected chi connectivity index (χ0v) is 13.3. The first-order chi connectivity index (χ1) is 10.1. The van der Waals surface area contributed by atoms with Crippen molar-refractivity contribution in [1.82, 2.24) is 4.90 Å². The molecule has 1 saturated carbocycles. The summed E-state index contributed by atoms with van der Waals surface area (Å²) < 4.78 is 0. The molecule has 1 aliphatic rings. The minimum Gasteiger partial charge on any atom is -0.396 e. The number of aliphatic hydroxyl groups is 1. The second-order valence-electron chi connectivity index (χ2n) is 5.28. The Bertz CT molecular complexity index is 493. The predicted molar refractivity (Wildman–Crippen MR) is 86.0 cm³/mol. The third-order valence-corrected chi connectivity index (χ3v) is 4.59. The molecule has 0 radical (unpaired) electrons. The second-order valence-corrected chi connectivity index (χ2v) is 6.07. The molecule has 0 heterocycles. The lowest BCUT2D eigenvalue weighted by atomic mass is 9.91. The largest absolute Gasteiger partial charge is 0.396 e. The number of rotatable bonds is 7. The molecule has 116 valence electrons. The second kappa shape index (κ2) is 7.99. The van der Waals surface area contributed by atoms with E-state index in [-0.39, 0.29) is 12.5 Å². The molecule has 0 spiro atoms. The summed E-state index contributed by atoms with van der Waals surface area (Å²) in [7, 11) is 0. The van der Waals surface area contributed by atoms with Gasteiger partial charge in [0.25, 0.3) is 0 Å². The normalized spacial score (nSPS) is 15.0. The fourth-order valence-electron chi connectivity index (χ4n) is 2.39. The summed E-state index contributed by atoms with van der Waals surface area (Å²) >= 11 is 12.0.